The second kappa shape index (κ2) is 6.94. The fourth-order valence-corrected chi connectivity index (χ4v) is 5.63. The molecular weight excluding hydrogens is 381 g/mol. The summed E-state index contributed by atoms with van der Waals surface area (Å²) in [7, 11) is -1.02. The lowest BCUT2D eigenvalue weighted by Crippen LogP contribution is -2.23. The highest BCUT2D eigenvalue weighted by Gasteiger charge is 2.42. The number of rotatable bonds is 4. The minimum Gasteiger partial charge on any atom is -0.381 e. The second-order valence-electron chi connectivity index (χ2n) is 6.84. The van der Waals surface area contributed by atoms with Crippen molar-refractivity contribution in [1.82, 2.24) is 9.78 Å². The van der Waals surface area contributed by atoms with Crippen LogP contribution in [-0.4, -0.2) is 36.7 Å². The molecule has 0 bridgehead atoms. The predicted molar refractivity (Wildman–Crippen MR) is 94.0 cm³/mol. The summed E-state index contributed by atoms with van der Waals surface area (Å²) in [6, 6.07) is 5.02. The quantitative estimate of drug-likeness (QED) is 0.781. The van der Waals surface area contributed by atoms with E-state index in [4.69, 9.17) is 4.74 Å². The molecule has 27 heavy (non-hydrogen) atoms. The van der Waals surface area contributed by atoms with Gasteiger partial charge in [-0.25, -0.2) is 8.42 Å². The number of aryl methyl sites for hydroxylation is 2. The fraction of sp³-hybridized carbons (Fsp3) is 0.500. The first kappa shape index (κ1) is 19.9. The van der Waals surface area contributed by atoms with E-state index in [0.29, 0.717) is 24.2 Å². The van der Waals surface area contributed by atoms with Crippen LogP contribution < -0.4 is 0 Å². The molecule has 2 atom stereocenters. The zero-order chi connectivity index (χ0) is 20.0. The SMILES string of the molecule is CO[C@@H]1CC[C@@H](S(=O)(=O)c2ccc(-c3cc(C)nn3C)cc2C(F)(F)F)C1. The number of hydrogen-bond acceptors (Lipinski definition) is 4. The van der Waals surface area contributed by atoms with Gasteiger partial charge in [-0.1, -0.05) is 6.07 Å². The Morgan fingerprint density at radius 2 is 1.93 bits per heavy atom. The number of halogens is 3. The summed E-state index contributed by atoms with van der Waals surface area (Å²) in [6.07, 6.45) is -4.00. The summed E-state index contributed by atoms with van der Waals surface area (Å²) in [5.41, 5.74) is 0.280. The van der Waals surface area contributed by atoms with Crippen molar-refractivity contribution in [3.05, 3.63) is 35.5 Å². The van der Waals surface area contributed by atoms with Gasteiger partial charge >= 0.3 is 6.18 Å². The highest BCUT2D eigenvalue weighted by Crippen LogP contribution is 2.40. The van der Waals surface area contributed by atoms with Crippen LogP contribution in [0.5, 0.6) is 0 Å². The Labute approximate surface area is 156 Å². The van der Waals surface area contributed by atoms with Crippen molar-refractivity contribution >= 4 is 9.84 Å². The third kappa shape index (κ3) is 3.75. The zero-order valence-corrected chi connectivity index (χ0v) is 16.1. The van der Waals surface area contributed by atoms with E-state index in [0.717, 1.165) is 12.1 Å². The van der Waals surface area contributed by atoms with Crippen LogP contribution in [0.3, 0.4) is 0 Å². The maximum absolute atomic E-state index is 13.7. The molecule has 0 unspecified atom stereocenters. The average Bonchev–Trinajstić information content (AvgIpc) is 3.20. The summed E-state index contributed by atoms with van der Waals surface area (Å²) < 4.78 is 73.6. The minimum atomic E-state index is -4.79. The topological polar surface area (TPSA) is 61.2 Å². The van der Waals surface area contributed by atoms with Crippen LogP contribution in [0.1, 0.15) is 30.5 Å². The van der Waals surface area contributed by atoms with E-state index in [1.165, 1.54) is 17.9 Å². The molecule has 0 spiro atoms. The Kier molecular flexibility index (Phi) is 5.11. The third-order valence-electron chi connectivity index (χ3n) is 5.00. The molecule has 1 saturated carbocycles. The summed E-state index contributed by atoms with van der Waals surface area (Å²) in [5, 5.41) is 3.27. The third-order valence-corrected chi connectivity index (χ3v) is 7.27. The normalized spacial score (nSPS) is 21.0. The first-order valence-electron chi connectivity index (χ1n) is 8.53. The number of ether oxygens (including phenoxy) is 1. The van der Waals surface area contributed by atoms with Gasteiger partial charge < -0.3 is 4.74 Å². The zero-order valence-electron chi connectivity index (χ0n) is 15.2. The Bertz CT molecular complexity index is 951. The Hall–Kier alpha value is -1.87. The van der Waals surface area contributed by atoms with E-state index < -0.39 is 31.7 Å². The van der Waals surface area contributed by atoms with Gasteiger partial charge in [0.15, 0.2) is 9.84 Å². The van der Waals surface area contributed by atoms with E-state index in [1.54, 1.807) is 20.0 Å². The van der Waals surface area contributed by atoms with Crippen molar-refractivity contribution in [1.29, 1.82) is 0 Å². The van der Waals surface area contributed by atoms with Crippen LogP contribution in [0, 0.1) is 6.92 Å². The van der Waals surface area contributed by atoms with Crippen molar-refractivity contribution in [2.24, 2.45) is 7.05 Å². The molecule has 3 rings (SSSR count). The molecule has 148 valence electrons. The van der Waals surface area contributed by atoms with Crippen LogP contribution in [0.15, 0.2) is 29.2 Å². The standard InChI is InChI=1S/C18H21F3N2O3S/c1-11-8-16(23(2)22-11)12-4-7-17(15(9-12)18(19,20)21)27(24,25)14-6-5-13(10-14)26-3/h4,7-9,13-14H,5-6,10H2,1-3H3/t13-,14-/m1/s1. The van der Waals surface area contributed by atoms with E-state index in [1.807, 2.05) is 0 Å². The predicted octanol–water partition coefficient (Wildman–Crippen LogP) is 3.76. The minimum absolute atomic E-state index is 0.207. The van der Waals surface area contributed by atoms with Gasteiger partial charge in [0.05, 0.1) is 33.2 Å². The number of nitrogens with zero attached hydrogens (tertiary/aromatic N) is 2. The van der Waals surface area contributed by atoms with Crippen molar-refractivity contribution in [2.45, 2.75) is 48.6 Å². The van der Waals surface area contributed by atoms with Crippen LogP contribution in [0.25, 0.3) is 11.3 Å². The van der Waals surface area contributed by atoms with Crippen LogP contribution in [0.2, 0.25) is 0 Å². The lowest BCUT2D eigenvalue weighted by molar-refractivity contribution is -0.139. The van der Waals surface area contributed by atoms with Crippen molar-refractivity contribution in [2.75, 3.05) is 7.11 Å². The molecule has 0 aliphatic heterocycles. The number of methoxy groups -OCH3 is 1. The lowest BCUT2D eigenvalue weighted by Gasteiger charge is -2.18. The molecule has 2 aromatic rings. The molecule has 5 nitrogen and oxygen atoms in total. The van der Waals surface area contributed by atoms with Gasteiger partial charge in [-0.15, -0.1) is 0 Å². The molecule has 0 radical (unpaired) electrons. The number of benzene rings is 1. The van der Waals surface area contributed by atoms with Crippen LogP contribution in [-0.2, 0) is 27.8 Å². The molecule has 0 N–H and O–H groups in total. The molecule has 1 aliphatic rings. The summed E-state index contributed by atoms with van der Waals surface area (Å²) in [5.74, 6) is 0. The molecule has 1 aromatic heterocycles. The van der Waals surface area contributed by atoms with E-state index in [-0.39, 0.29) is 18.1 Å². The molecule has 9 heteroatoms. The number of aromatic nitrogens is 2. The van der Waals surface area contributed by atoms with E-state index in [9.17, 15) is 21.6 Å². The smallest absolute Gasteiger partial charge is 0.381 e. The highest BCUT2D eigenvalue weighted by atomic mass is 32.2. The molecule has 0 amide bonds. The van der Waals surface area contributed by atoms with Gasteiger partial charge in [0.25, 0.3) is 0 Å². The number of alkyl halides is 3. The molecule has 1 fully saturated rings. The number of sulfone groups is 1. The van der Waals surface area contributed by atoms with Gasteiger partial charge in [0, 0.05) is 19.7 Å². The molecule has 1 heterocycles. The molecule has 1 aliphatic carbocycles. The molecular formula is C18H21F3N2O3S. The first-order chi connectivity index (χ1) is 12.5. The fourth-order valence-electron chi connectivity index (χ4n) is 3.62. The average molecular weight is 402 g/mol. The monoisotopic (exact) mass is 402 g/mol. The van der Waals surface area contributed by atoms with Crippen molar-refractivity contribution < 1.29 is 26.3 Å². The lowest BCUT2D eigenvalue weighted by atomic mass is 10.1. The van der Waals surface area contributed by atoms with Crippen LogP contribution >= 0.6 is 0 Å². The maximum Gasteiger partial charge on any atom is 0.417 e. The van der Waals surface area contributed by atoms with Crippen molar-refractivity contribution in [3.8, 4) is 11.3 Å². The maximum atomic E-state index is 13.7. The summed E-state index contributed by atoms with van der Waals surface area (Å²) >= 11 is 0. The highest BCUT2D eigenvalue weighted by molar-refractivity contribution is 7.92. The van der Waals surface area contributed by atoms with Gasteiger partial charge in [-0.3, -0.25) is 4.68 Å². The largest absolute Gasteiger partial charge is 0.417 e. The van der Waals surface area contributed by atoms with E-state index >= 15 is 0 Å². The van der Waals surface area contributed by atoms with Gasteiger partial charge in [0.2, 0.25) is 0 Å². The molecule has 0 saturated heterocycles. The van der Waals surface area contributed by atoms with Gasteiger partial charge in [-0.05, 0) is 44.4 Å². The second-order valence-corrected chi connectivity index (χ2v) is 9.04. The van der Waals surface area contributed by atoms with E-state index in [2.05, 4.69) is 5.10 Å². The Morgan fingerprint density at radius 3 is 2.44 bits per heavy atom. The first-order valence-corrected chi connectivity index (χ1v) is 10.1. The van der Waals surface area contributed by atoms with Gasteiger partial charge in [-0.2, -0.15) is 18.3 Å². The summed E-state index contributed by atoms with van der Waals surface area (Å²) in [4.78, 5) is -0.667. The Balaban J connectivity index is 2.09. The van der Waals surface area contributed by atoms with Gasteiger partial charge in [0.1, 0.15) is 0 Å². The van der Waals surface area contributed by atoms with Crippen LogP contribution in [0.4, 0.5) is 13.2 Å². The summed E-state index contributed by atoms with van der Waals surface area (Å²) in [6.45, 7) is 1.74. The van der Waals surface area contributed by atoms with Crippen molar-refractivity contribution in [3.63, 3.8) is 0 Å². The molecule has 1 aromatic carbocycles. The number of hydrogen-bond donors (Lipinski definition) is 0. The Morgan fingerprint density at radius 1 is 1.22 bits per heavy atom.